The van der Waals surface area contributed by atoms with Crippen molar-refractivity contribution in [1.29, 1.82) is 0 Å². The number of esters is 1. The fraction of sp³-hybridized carbons (Fsp3) is 0.479. The maximum atomic E-state index is 14.7. The van der Waals surface area contributed by atoms with Gasteiger partial charge in [0.2, 0.25) is 5.43 Å². The number of carbonyl (C=O) groups is 3. The topological polar surface area (TPSA) is 205 Å². The summed E-state index contributed by atoms with van der Waals surface area (Å²) in [4.78, 5) is 62.8. The summed E-state index contributed by atoms with van der Waals surface area (Å²) in [5.41, 5.74) is -0.456. The highest BCUT2D eigenvalue weighted by Crippen LogP contribution is 2.50. The summed E-state index contributed by atoms with van der Waals surface area (Å²) in [5.74, 6) is -6.00. The quantitative estimate of drug-likeness (QED) is 0.102. The van der Waals surface area contributed by atoms with Crippen molar-refractivity contribution in [3.8, 4) is 28.7 Å². The van der Waals surface area contributed by atoms with Crippen LogP contribution < -0.4 is 20.2 Å². The summed E-state index contributed by atoms with van der Waals surface area (Å²) >= 11 is 0. The standard InChI is InChI=1S/C48H59N3O13/c1-23-14-13-15-24(2)47(57)50-38-41(55)35-34(37-45(38)63-33-22-30(16-17-31(33)49-37)60-21-19-51(9)10)36-44(27(5)40(35)54)64-48(8,46(36)56)61-20-18-32(58-11)25(3)43(62-29(7)52)28(6)42(59-12)26(4)39(23)53/h13-18,20,22-23,25-26,28,32,39,42-43,53-54H,19,21H2,1-12H3,(H,50,57)/b14-13+,20-18+,24-15-/t23-,25+,26+,28+,32-,39-,42+,43+,48-/m0/s1. The zero-order valence-corrected chi connectivity index (χ0v) is 38.4. The Morgan fingerprint density at radius 1 is 0.984 bits per heavy atom. The number of hydrogen-bond donors (Lipinski definition) is 3. The first kappa shape index (κ1) is 47.7. The number of aromatic hydroxyl groups is 1. The first-order chi connectivity index (χ1) is 30.2. The van der Waals surface area contributed by atoms with Gasteiger partial charge in [0.25, 0.3) is 11.7 Å². The van der Waals surface area contributed by atoms with Gasteiger partial charge in [-0.2, -0.15) is 0 Å². The lowest BCUT2D eigenvalue weighted by molar-refractivity contribution is -0.162. The second-order valence-corrected chi connectivity index (χ2v) is 17.2. The van der Waals surface area contributed by atoms with Gasteiger partial charge in [-0.15, -0.1) is 0 Å². The van der Waals surface area contributed by atoms with Crippen molar-refractivity contribution in [3.05, 3.63) is 75.7 Å². The number of Topliss-reactive ketones (excluding diaryl/α,β-unsaturated/α-hetero) is 1. The molecule has 0 saturated carbocycles. The van der Waals surface area contributed by atoms with Gasteiger partial charge in [-0.25, -0.2) is 4.98 Å². The highest BCUT2D eigenvalue weighted by Gasteiger charge is 2.50. The maximum absolute atomic E-state index is 14.7. The molecule has 16 heteroatoms. The molecule has 0 spiro atoms. The van der Waals surface area contributed by atoms with Crippen LogP contribution in [-0.2, 0) is 28.5 Å². The number of benzene rings is 3. The average molecular weight is 886 g/mol. The number of anilines is 1. The highest BCUT2D eigenvalue weighted by atomic mass is 16.7. The van der Waals surface area contributed by atoms with E-state index in [0.29, 0.717) is 24.4 Å². The van der Waals surface area contributed by atoms with Crippen molar-refractivity contribution in [2.75, 3.05) is 46.8 Å². The Hall–Kier alpha value is -5.81. The molecular weight excluding hydrogens is 827 g/mol. The Morgan fingerprint density at radius 3 is 2.36 bits per heavy atom. The number of methoxy groups -OCH3 is 2. The molecule has 1 aliphatic carbocycles. The molecule has 344 valence electrons. The lowest BCUT2D eigenvalue weighted by Crippen LogP contribution is -2.47. The van der Waals surface area contributed by atoms with Crippen molar-refractivity contribution < 1.29 is 57.4 Å². The van der Waals surface area contributed by atoms with Crippen molar-refractivity contribution in [2.24, 2.45) is 23.7 Å². The third kappa shape index (κ3) is 9.09. The Balaban J connectivity index is 1.58. The van der Waals surface area contributed by atoms with Gasteiger partial charge in [-0.3, -0.25) is 19.2 Å². The number of aliphatic hydroxyl groups excluding tert-OH is 1. The van der Waals surface area contributed by atoms with Crippen molar-refractivity contribution in [1.82, 2.24) is 9.88 Å². The number of ketones is 1. The van der Waals surface area contributed by atoms with Gasteiger partial charge >= 0.3 is 11.8 Å². The fourth-order valence-corrected chi connectivity index (χ4v) is 8.63. The summed E-state index contributed by atoms with van der Waals surface area (Å²) in [6.07, 6.45) is 4.70. The van der Waals surface area contributed by atoms with Gasteiger partial charge in [0.15, 0.2) is 11.3 Å². The van der Waals surface area contributed by atoms with E-state index in [9.17, 15) is 29.4 Å². The lowest BCUT2D eigenvalue weighted by atomic mass is 9.78. The summed E-state index contributed by atoms with van der Waals surface area (Å²) in [6.45, 7) is 14.2. The van der Waals surface area contributed by atoms with Gasteiger partial charge in [0.1, 0.15) is 46.9 Å². The van der Waals surface area contributed by atoms with E-state index in [2.05, 4.69) is 5.32 Å². The van der Waals surface area contributed by atoms with E-state index in [1.807, 2.05) is 46.7 Å². The van der Waals surface area contributed by atoms with Crippen molar-refractivity contribution >= 4 is 45.2 Å². The molecule has 64 heavy (non-hydrogen) atoms. The summed E-state index contributed by atoms with van der Waals surface area (Å²) in [5, 5.41) is 25.7. The fourth-order valence-electron chi connectivity index (χ4n) is 8.63. The number of phenolic OH excluding ortho intramolecular Hbond substituents is 1. The van der Waals surface area contributed by atoms with Crippen LogP contribution in [0.5, 0.6) is 17.2 Å². The largest absolute Gasteiger partial charge is 0.507 e. The number of likely N-dealkylation sites (N-methyl/N-ethyl adjacent to an activating group) is 1. The molecule has 4 heterocycles. The van der Waals surface area contributed by atoms with Crippen molar-refractivity contribution in [3.63, 3.8) is 0 Å². The number of nitrogens with one attached hydrogen (secondary N) is 1. The van der Waals surface area contributed by atoms with Crippen LogP contribution in [0, 0.1) is 30.6 Å². The second kappa shape index (κ2) is 19.1. The van der Waals surface area contributed by atoms with Gasteiger partial charge < -0.3 is 53.3 Å². The van der Waals surface area contributed by atoms with Gasteiger partial charge in [-0.05, 0) is 46.2 Å². The third-order valence-corrected chi connectivity index (χ3v) is 12.3. The molecular formula is C48H59N3O13. The van der Waals surface area contributed by atoms with Crippen LogP contribution in [0.4, 0.5) is 5.69 Å². The Labute approximate surface area is 372 Å². The lowest BCUT2D eigenvalue weighted by Gasteiger charge is -2.39. The summed E-state index contributed by atoms with van der Waals surface area (Å²) < 4.78 is 42.5. The summed E-state index contributed by atoms with van der Waals surface area (Å²) in [7, 11) is 6.86. The van der Waals surface area contributed by atoms with Gasteiger partial charge in [0.05, 0.1) is 35.5 Å². The highest BCUT2D eigenvalue weighted by molar-refractivity contribution is 6.22. The maximum Gasteiger partial charge on any atom is 0.312 e. The van der Waals surface area contributed by atoms with E-state index in [1.165, 1.54) is 47.3 Å². The zero-order valence-electron chi connectivity index (χ0n) is 38.4. The molecule has 5 aliphatic rings. The first-order valence-corrected chi connectivity index (χ1v) is 21.3. The molecule has 2 aromatic rings. The molecule has 16 nitrogen and oxygen atoms in total. The van der Waals surface area contributed by atoms with Crippen LogP contribution >= 0.6 is 0 Å². The number of aromatic nitrogens is 1. The molecule has 2 aromatic carbocycles. The monoisotopic (exact) mass is 885 g/mol. The number of allylic oxidation sites excluding steroid dienone is 2. The smallest absolute Gasteiger partial charge is 0.312 e. The SMILES string of the molecule is CO[C@H]1[C@@H](C)[C@H](OC(C)=O)[C@H](C)[C@@H](OC)/C=C/O[C@@]2(C)Oc3c(C)c(O)c4c(=O)c(c5oc6cc(OCCN(C)C)ccc6nc-5c4c3C2=O)NC(=O)/C(C)=C\C=C\[C@H](C)[C@H](O)[C@H]1C. The van der Waals surface area contributed by atoms with E-state index < -0.39 is 82.7 Å². The Morgan fingerprint density at radius 2 is 1.70 bits per heavy atom. The van der Waals surface area contributed by atoms with E-state index in [0.717, 1.165) is 0 Å². The first-order valence-electron chi connectivity index (χ1n) is 21.3. The van der Waals surface area contributed by atoms with Crippen LogP contribution in [-0.4, -0.2) is 109 Å². The van der Waals surface area contributed by atoms with Crippen molar-refractivity contribution in [2.45, 2.75) is 85.6 Å². The zero-order chi connectivity index (χ0) is 46.9. The number of ether oxygens (including phenoxy) is 6. The number of carbonyl (C=O) groups excluding carboxylic acids is 3. The molecule has 0 aromatic heterocycles. The molecule has 0 fully saturated rings. The minimum absolute atomic E-state index is 0.0110. The third-order valence-electron chi connectivity index (χ3n) is 12.3. The van der Waals surface area contributed by atoms with Crippen LogP contribution in [0.1, 0.15) is 64.4 Å². The molecule has 0 unspecified atom stereocenters. The molecule has 1 amide bonds. The van der Waals surface area contributed by atoms with E-state index >= 15 is 0 Å². The number of nitrogens with zero attached hydrogens (tertiary/aromatic N) is 2. The molecule has 7 rings (SSSR count). The minimum Gasteiger partial charge on any atom is -0.507 e. The number of fused-ring (bicyclic) bond motifs is 14. The minimum atomic E-state index is -2.02. The summed E-state index contributed by atoms with van der Waals surface area (Å²) in [6, 6.07) is 4.99. The molecule has 3 N–H and O–H groups in total. The predicted molar refractivity (Wildman–Crippen MR) is 240 cm³/mol. The Kier molecular flexibility index (Phi) is 14.2. The van der Waals surface area contributed by atoms with Crippen LogP contribution in [0.3, 0.4) is 0 Å². The molecule has 0 saturated heterocycles. The van der Waals surface area contributed by atoms with Crippen LogP contribution in [0.2, 0.25) is 0 Å². The normalized spacial score (nSPS) is 28.8. The van der Waals surface area contributed by atoms with Crippen LogP contribution in [0.25, 0.3) is 33.3 Å². The second-order valence-electron chi connectivity index (χ2n) is 17.2. The van der Waals surface area contributed by atoms with E-state index in [-0.39, 0.29) is 55.9 Å². The number of rotatable bonds is 7. The molecule has 0 radical (unpaired) electrons. The van der Waals surface area contributed by atoms with Crippen LogP contribution in [0.15, 0.2) is 63.6 Å². The Bertz CT molecular complexity index is 2560. The number of phenols is 1. The van der Waals surface area contributed by atoms with E-state index in [4.69, 9.17) is 37.8 Å². The molecule has 4 aliphatic heterocycles. The number of hydrogen-bond acceptors (Lipinski definition) is 15. The van der Waals surface area contributed by atoms with E-state index in [1.54, 1.807) is 43.4 Å². The molecule has 9 atom stereocenters. The molecule has 5 bridgehead atoms. The van der Waals surface area contributed by atoms with Gasteiger partial charge in [0, 0.05) is 80.9 Å². The average Bonchev–Trinajstić information content (AvgIpc) is 3.51. The predicted octanol–water partition coefficient (Wildman–Crippen LogP) is 6.54. The number of aliphatic hydroxyl groups is 1. The van der Waals surface area contributed by atoms with Gasteiger partial charge in [-0.1, -0.05) is 45.9 Å². The number of amides is 1.